The molecule has 2 heterocycles. The maximum absolute atomic E-state index is 13.1. The van der Waals surface area contributed by atoms with Gasteiger partial charge in [0, 0.05) is 18.0 Å². The lowest BCUT2D eigenvalue weighted by atomic mass is 10.1. The summed E-state index contributed by atoms with van der Waals surface area (Å²) in [4.78, 5) is 25.9. The van der Waals surface area contributed by atoms with Gasteiger partial charge in [0.05, 0.1) is 18.5 Å². The Labute approximate surface area is 192 Å². The highest BCUT2D eigenvalue weighted by Gasteiger charge is 2.19. The van der Waals surface area contributed by atoms with Gasteiger partial charge in [-0.3, -0.25) is 14.2 Å². The number of fused-ring (bicyclic) bond motifs is 1. The first-order valence-electron chi connectivity index (χ1n) is 11.0. The van der Waals surface area contributed by atoms with Gasteiger partial charge in [-0.2, -0.15) is 5.10 Å². The fourth-order valence-electron chi connectivity index (χ4n) is 3.99. The van der Waals surface area contributed by atoms with Crippen molar-refractivity contribution in [1.29, 1.82) is 0 Å². The van der Waals surface area contributed by atoms with Gasteiger partial charge in [-0.1, -0.05) is 36.8 Å². The minimum absolute atomic E-state index is 0.0908. The van der Waals surface area contributed by atoms with E-state index in [0.29, 0.717) is 18.6 Å². The molecule has 2 aromatic carbocycles. The van der Waals surface area contributed by atoms with Crippen LogP contribution < -0.4 is 15.6 Å². The molecule has 0 radical (unpaired) electrons. The number of hydrogen-bond donors (Lipinski definition) is 1. The van der Waals surface area contributed by atoms with Crippen LogP contribution in [0.1, 0.15) is 29.3 Å². The number of carbonyl (C=O) groups excluding carboxylic acids is 1. The lowest BCUT2D eigenvalue weighted by molar-refractivity contribution is -0.121. The van der Waals surface area contributed by atoms with Crippen LogP contribution in [0.15, 0.2) is 59.4 Å². The number of carbonyl (C=O) groups is 1. The zero-order valence-electron chi connectivity index (χ0n) is 19.4. The summed E-state index contributed by atoms with van der Waals surface area (Å²) in [6.45, 7) is 6.25. The van der Waals surface area contributed by atoms with Crippen molar-refractivity contribution in [3.63, 3.8) is 0 Å². The van der Waals surface area contributed by atoms with Crippen LogP contribution in [0, 0.1) is 13.8 Å². The summed E-state index contributed by atoms with van der Waals surface area (Å²) in [5, 5.41) is 8.56. The molecule has 0 aliphatic carbocycles. The maximum atomic E-state index is 13.1. The summed E-state index contributed by atoms with van der Waals surface area (Å²) in [6.07, 6.45) is 0.705. The molecule has 0 aliphatic rings. The fraction of sp³-hybridized carbons (Fsp3) is 0.269. The lowest BCUT2D eigenvalue weighted by Gasteiger charge is -2.13. The van der Waals surface area contributed by atoms with Gasteiger partial charge in [0.15, 0.2) is 0 Å². The van der Waals surface area contributed by atoms with Crippen molar-refractivity contribution in [1.82, 2.24) is 19.7 Å². The molecule has 0 atom stereocenters. The molecule has 1 amide bonds. The number of aryl methyl sites for hydroxylation is 3. The van der Waals surface area contributed by atoms with Crippen LogP contribution >= 0.6 is 0 Å². The molecule has 33 heavy (non-hydrogen) atoms. The quantitative estimate of drug-likeness (QED) is 0.472. The summed E-state index contributed by atoms with van der Waals surface area (Å²) >= 11 is 0. The van der Waals surface area contributed by atoms with Crippen LogP contribution in [-0.2, 0) is 24.3 Å². The van der Waals surface area contributed by atoms with Crippen molar-refractivity contribution in [2.24, 2.45) is 0 Å². The first-order valence-corrected chi connectivity index (χ1v) is 11.0. The standard InChI is InChI=1S/C26H28N4O3/c1-5-20-14-24(32)29(16-23(31)27-15-19-8-12-22(33-4)13-9-19)26-25(20)18(3)28-30(26)21-10-6-17(2)7-11-21/h6-14H,5,15-16H2,1-4H3,(H,27,31). The molecule has 2 aromatic heterocycles. The van der Waals surface area contributed by atoms with E-state index in [4.69, 9.17) is 9.84 Å². The number of rotatable bonds is 7. The first-order chi connectivity index (χ1) is 15.9. The smallest absolute Gasteiger partial charge is 0.252 e. The van der Waals surface area contributed by atoms with Gasteiger partial charge >= 0.3 is 0 Å². The van der Waals surface area contributed by atoms with E-state index in [2.05, 4.69) is 5.32 Å². The second-order valence-electron chi connectivity index (χ2n) is 8.10. The summed E-state index contributed by atoms with van der Waals surface area (Å²) in [5.74, 6) is 0.516. The normalized spacial score (nSPS) is 11.0. The zero-order chi connectivity index (χ0) is 23.5. The third kappa shape index (κ3) is 4.53. The number of ether oxygens (including phenoxy) is 1. The Bertz CT molecular complexity index is 1350. The van der Waals surface area contributed by atoms with Crippen LogP contribution in [-0.4, -0.2) is 27.4 Å². The molecule has 4 aromatic rings. The number of benzene rings is 2. The molecule has 7 heteroatoms. The second-order valence-corrected chi connectivity index (χ2v) is 8.10. The predicted octanol–water partition coefficient (Wildman–Crippen LogP) is 3.69. The summed E-state index contributed by atoms with van der Waals surface area (Å²) < 4.78 is 8.45. The number of pyridine rings is 1. The van der Waals surface area contributed by atoms with Crippen molar-refractivity contribution in [2.45, 2.75) is 40.3 Å². The Balaban J connectivity index is 1.70. The lowest BCUT2D eigenvalue weighted by Crippen LogP contribution is -2.33. The number of aromatic nitrogens is 3. The Morgan fingerprint density at radius 2 is 1.76 bits per heavy atom. The Kier molecular flexibility index (Phi) is 6.31. The van der Waals surface area contributed by atoms with Gasteiger partial charge in [0.1, 0.15) is 17.9 Å². The van der Waals surface area contributed by atoms with E-state index in [-0.39, 0.29) is 18.0 Å². The van der Waals surface area contributed by atoms with Crippen molar-refractivity contribution >= 4 is 16.9 Å². The summed E-state index contributed by atoms with van der Waals surface area (Å²) in [7, 11) is 1.61. The number of hydrogen-bond acceptors (Lipinski definition) is 4. The van der Waals surface area contributed by atoms with E-state index in [1.54, 1.807) is 17.9 Å². The molecule has 170 valence electrons. The van der Waals surface area contributed by atoms with Crippen LogP contribution in [0.2, 0.25) is 0 Å². The van der Waals surface area contributed by atoms with Gasteiger partial charge in [0.25, 0.3) is 5.56 Å². The highest BCUT2D eigenvalue weighted by Crippen LogP contribution is 2.25. The van der Waals surface area contributed by atoms with E-state index < -0.39 is 0 Å². The van der Waals surface area contributed by atoms with Gasteiger partial charge < -0.3 is 10.1 Å². The third-order valence-corrected chi connectivity index (χ3v) is 5.79. The third-order valence-electron chi connectivity index (χ3n) is 5.79. The average molecular weight is 445 g/mol. The van der Waals surface area contributed by atoms with Crippen molar-refractivity contribution in [2.75, 3.05) is 7.11 Å². The SMILES string of the molecule is CCc1cc(=O)n(CC(=O)NCc2ccc(OC)cc2)c2c1c(C)nn2-c1ccc(C)cc1. The molecule has 0 spiro atoms. The molecule has 0 saturated carbocycles. The van der Waals surface area contributed by atoms with Crippen LogP contribution in [0.5, 0.6) is 5.75 Å². The van der Waals surface area contributed by atoms with E-state index in [9.17, 15) is 9.59 Å². The van der Waals surface area contributed by atoms with E-state index >= 15 is 0 Å². The zero-order valence-corrected chi connectivity index (χ0v) is 19.4. The fourth-order valence-corrected chi connectivity index (χ4v) is 3.99. The van der Waals surface area contributed by atoms with E-state index in [1.807, 2.05) is 69.3 Å². The monoisotopic (exact) mass is 444 g/mol. The second kappa shape index (κ2) is 9.32. The van der Waals surface area contributed by atoms with Gasteiger partial charge in [-0.05, 0) is 55.7 Å². The molecule has 7 nitrogen and oxygen atoms in total. The number of methoxy groups -OCH3 is 1. The molecule has 1 N–H and O–H groups in total. The van der Waals surface area contributed by atoms with Gasteiger partial charge in [0.2, 0.25) is 5.91 Å². The predicted molar refractivity (Wildman–Crippen MR) is 129 cm³/mol. The summed E-state index contributed by atoms with van der Waals surface area (Å²) in [5.41, 5.74) is 5.11. The Morgan fingerprint density at radius 1 is 1.06 bits per heavy atom. The van der Waals surface area contributed by atoms with Crippen molar-refractivity contribution < 1.29 is 9.53 Å². The van der Waals surface area contributed by atoms with Gasteiger partial charge in [-0.15, -0.1) is 0 Å². The number of nitrogens with one attached hydrogen (secondary N) is 1. The molecule has 0 unspecified atom stereocenters. The molecule has 0 aliphatic heterocycles. The van der Waals surface area contributed by atoms with Crippen molar-refractivity contribution in [3.05, 3.63) is 87.3 Å². The van der Waals surface area contributed by atoms with Gasteiger partial charge in [-0.25, -0.2) is 4.68 Å². The minimum Gasteiger partial charge on any atom is -0.497 e. The molecule has 0 bridgehead atoms. The highest BCUT2D eigenvalue weighted by atomic mass is 16.5. The average Bonchev–Trinajstić information content (AvgIpc) is 3.17. The molecule has 0 saturated heterocycles. The number of amides is 1. The maximum Gasteiger partial charge on any atom is 0.252 e. The van der Waals surface area contributed by atoms with E-state index in [0.717, 1.165) is 39.2 Å². The Morgan fingerprint density at radius 3 is 2.39 bits per heavy atom. The highest BCUT2D eigenvalue weighted by molar-refractivity contribution is 5.85. The summed E-state index contributed by atoms with van der Waals surface area (Å²) in [6, 6.07) is 17.1. The molecule has 4 rings (SSSR count). The number of nitrogens with zero attached hydrogens (tertiary/aromatic N) is 3. The molecular formula is C26H28N4O3. The first kappa shape index (κ1) is 22.3. The minimum atomic E-state index is -0.243. The van der Waals surface area contributed by atoms with Crippen LogP contribution in [0.3, 0.4) is 0 Å². The Hall–Kier alpha value is -3.87. The van der Waals surface area contributed by atoms with Crippen LogP contribution in [0.25, 0.3) is 16.7 Å². The van der Waals surface area contributed by atoms with E-state index in [1.165, 1.54) is 4.57 Å². The van der Waals surface area contributed by atoms with Crippen LogP contribution in [0.4, 0.5) is 0 Å². The van der Waals surface area contributed by atoms with Crippen molar-refractivity contribution in [3.8, 4) is 11.4 Å². The molecule has 0 fully saturated rings. The largest absolute Gasteiger partial charge is 0.497 e. The molecular weight excluding hydrogens is 416 g/mol. The topological polar surface area (TPSA) is 78.2 Å².